The Labute approximate surface area is 54.7 Å². The molecular formula is C4H10N2OS. The largest absolute Gasteiger partial charge is 0.465 e. The normalized spacial score (nSPS) is 11.1. The second kappa shape index (κ2) is 4.77. The van der Waals surface area contributed by atoms with Gasteiger partial charge in [-0.05, 0) is 6.92 Å². The van der Waals surface area contributed by atoms with E-state index in [-0.39, 0.29) is 0 Å². The molecule has 0 aromatic carbocycles. The number of aliphatic imine (C=N–C) groups is 1. The van der Waals surface area contributed by atoms with Gasteiger partial charge in [0.05, 0.1) is 6.61 Å². The molecule has 0 aliphatic carbocycles. The first kappa shape index (κ1) is 7.62. The zero-order valence-corrected chi connectivity index (χ0v) is 5.90. The molecule has 0 heterocycles. The summed E-state index contributed by atoms with van der Waals surface area (Å²) < 4.78 is 7.38. The summed E-state index contributed by atoms with van der Waals surface area (Å²) in [7, 11) is 1.63. The fourth-order valence-corrected chi connectivity index (χ4v) is 0.448. The highest BCUT2D eigenvalue weighted by Crippen LogP contribution is 1.76. The van der Waals surface area contributed by atoms with Crippen molar-refractivity contribution < 1.29 is 4.74 Å². The third-order valence-corrected chi connectivity index (χ3v) is 0.771. The lowest BCUT2D eigenvalue weighted by Crippen LogP contribution is -2.16. The minimum atomic E-state index is 0.454. The van der Waals surface area contributed by atoms with Crippen LogP contribution in [-0.4, -0.2) is 19.7 Å². The van der Waals surface area contributed by atoms with Gasteiger partial charge in [0.2, 0.25) is 0 Å². The molecule has 0 unspecified atom stereocenters. The summed E-state index contributed by atoms with van der Waals surface area (Å²) in [4.78, 5) is 3.70. The molecule has 0 saturated carbocycles. The van der Waals surface area contributed by atoms with Gasteiger partial charge in [-0.25, -0.2) is 4.99 Å². The van der Waals surface area contributed by atoms with Gasteiger partial charge in [0.25, 0.3) is 6.02 Å². The van der Waals surface area contributed by atoms with Crippen molar-refractivity contribution >= 4 is 18.8 Å². The molecule has 0 rings (SSSR count). The third kappa shape index (κ3) is 2.74. The fraction of sp³-hybridized carbons (Fsp3) is 0.750. The van der Waals surface area contributed by atoms with E-state index < -0.39 is 0 Å². The van der Waals surface area contributed by atoms with Crippen LogP contribution in [0.1, 0.15) is 6.92 Å². The van der Waals surface area contributed by atoms with Gasteiger partial charge >= 0.3 is 0 Å². The number of nitrogens with one attached hydrogen (secondary N) is 1. The zero-order chi connectivity index (χ0) is 6.41. The Kier molecular flexibility index (Phi) is 4.54. The van der Waals surface area contributed by atoms with Crippen LogP contribution in [0.25, 0.3) is 0 Å². The van der Waals surface area contributed by atoms with E-state index in [1.165, 1.54) is 0 Å². The summed E-state index contributed by atoms with van der Waals surface area (Å²) in [5, 5.41) is 0. The van der Waals surface area contributed by atoms with Crippen molar-refractivity contribution in [3.63, 3.8) is 0 Å². The maximum Gasteiger partial charge on any atom is 0.294 e. The van der Waals surface area contributed by atoms with Gasteiger partial charge in [-0.2, -0.15) is 0 Å². The van der Waals surface area contributed by atoms with Crippen LogP contribution in [-0.2, 0) is 4.74 Å². The van der Waals surface area contributed by atoms with Crippen LogP contribution in [0.2, 0.25) is 0 Å². The van der Waals surface area contributed by atoms with Gasteiger partial charge in [-0.1, -0.05) is 12.8 Å². The van der Waals surface area contributed by atoms with E-state index in [9.17, 15) is 0 Å². The zero-order valence-electron chi connectivity index (χ0n) is 5.01. The van der Waals surface area contributed by atoms with Gasteiger partial charge < -0.3 is 4.74 Å². The number of nitrogens with zero attached hydrogens (tertiary/aromatic N) is 1. The van der Waals surface area contributed by atoms with Gasteiger partial charge in [-0.15, -0.1) is 0 Å². The molecule has 0 aliphatic rings. The standard InChI is InChI=1S/C4H10N2OS/c1-3-7-4(5-2)6-8/h8H,3H2,1-2H3,(H,5,6). The molecule has 0 fully saturated rings. The first-order valence-corrected chi connectivity index (χ1v) is 2.79. The van der Waals surface area contributed by atoms with E-state index in [0.29, 0.717) is 12.6 Å². The van der Waals surface area contributed by atoms with Crippen LogP contribution in [0.15, 0.2) is 4.99 Å². The topological polar surface area (TPSA) is 33.6 Å². The molecule has 4 heteroatoms. The minimum absolute atomic E-state index is 0.454. The van der Waals surface area contributed by atoms with Gasteiger partial charge in [0.1, 0.15) is 0 Å². The number of hydrogen-bond acceptors (Lipinski definition) is 3. The van der Waals surface area contributed by atoms with Crippen molar-refractivity contribution in [2.75, 3.05) is 13.7 Å². The summed E-state index contributed by atoms with van der Waals surface area (Å²) in [5.74, 6) is 0. The average Bonchev–Trinajstić information content (AvgIpc) is 1.83. The second-order valence-electron chi connectivity index (χ2n) is 1.07. The molecule has 0 aromatic rings. The minimum Gasteiger partial charge on any atom is -0.465 e. The Morgan fingerprint density at radius 3 is 2.62 bits per heavy atom. The predicted molar refractivity (Wildman–Crippen MR) is 37.1 cm³/mol. The van der Waals surface area contributed by atoms with Crippen molar-refractivity contribution in [1.29, 1.82) is 0 Å². The molecule has 48 valence electrons. The third-order valence-electron chi connectivity index (χ3n) is 0.580. The lowest BCUT2D eigenvalue weighted by atomic mass is 10.9. The SMILES string of the molecule is CCOC(=NC)NS. The fourth-order valence-electron chi connectivity index (χ4n) is 0.284. The summed E-state index contributed by atoms with van der Waals surface area (Å²) in [6.45, 7) is 2.50. The van der Waals surface area contributed by atoms with Crippen LogP contribution in [0.4, 0.5) is 0 Å². The highest BCUT2D eigenvalue weighted by atomic mass is 32.1. The first-order chi connectivity index (χ1) is 3.85. The molecule has 0 atom stereocenters. The summed E-state index contributed by atoms with van der Waals surface area (Å²) in [6, 6.07) is 0.454. The van der Waals surface area contributed by atoms with E-state index >= 15 is 0 Å². The van der Waals surface area contributed by atoms with Crippen molar-refractivity contribution in [3.8, 4) is 0 Å². The summed E-state index contributed by atoms with van der Waals surface area (Å²) >= 11 is 3.72. The number of thiol groups is 1. The Morgan fingerprint density at radius 1 is 1.88 bits per heavy atom. The number of ether oxygens (including phenoxy) is 1. The quantitative estimate of drug-likeness (QED) is 0.310. The highest BCUT2D eigenvalue weighted by molar-refractivity contribution is 7.78. The maximum atomic E-state index is 4.90. The Morgan fingerprint density at radius 2 is 2.50 bits per heavy atom. The van der Waals surface area contributed by atoms with E-state index in [4.69, 9.17) is 4.74 Å². The maximum absolute atomic E-state index is 4.90. The van der Waals surface area contributed by atoms with E-state index in [0.717, 1.165) is 0 Å². The number of hydrogen-bond donors (Lipinski definition) is 2. The smallest absolute Gasteiger partial charge is 0.294 e. The van der Waals surface area contributed by atoms with Crippen LogP contribution in [0.5, 0.6) is 0 Å². The predicted octanol–water partition coefficient (Wildman–Crippen LogP) is 0.443. The van der Waals surface area contributed by atoms with Crippen LogP contribution >= 0.6 is 12.8 Å². The molecule has 1 N–H and O–H groups in total. The van der Waals surface area contributed by atoms with Gasteiger partial charge in [-0.3, -0.25) is 4.72 Å². The molecule has 0 spiro atoms. The van der Waals surface area contributed by atoms with E-state index in [2.05, 4.69) is 22.5 Å². The van der Waals surface area contributed by atoms with Crippen molar-refractivity contribution in [2.24, 2.45) is 4.99 Å². The van der Waals surface area contributed by atoms with E-state index in [1.54, 1.807) is 7.05 Å². The summed E-state index contributed by atoms with van der Waals surface area (Å²) in [5.41, 5.74) is 0. The van der Waals surface area contributed by atoms with E-state index in [1.807, 2.05) is 6.92 Å². The molecule has 0 amide bonds. The summed E-state index contributed by atoms with van der Waals surface area (Å²) in [6.07, 6.45) is 0. The average molecular weight is 134 g/mol. The number of amidine groups is 1. The molecule has 0 aliphatic heterocycles. The molecule has 3 nitrogen and oxygen atoms in total. The van der Waals surface area contributed by atoms with Crippen molar-refractivity contribution in [2.45, 2.75) is 6.92 Å². The first-order valence-electron chi connectivity index (χ1n) is 2.34. The Bertz CT molecular complexity index is 84.1. The van der Waals surface area contributed by atoms with Gasteiger partial charge in [0, 0.05) is 7.05 Å². The molecule has 0 aromatic heterocycles. The highest BCUT2D eigenvalue weighted by Gasteiger charge is 1.87. The Hall–Kier alpha value is -0.380. The van der Waals surface area contributed by atoms with Crippen LogP contribution < -0.4 is 4.72 Å². The van der Waals surface area contributed by atoms with Gasteiger partial charge in [0.15, 0.2) is 0 Å². The van der Waals surface area contributed by atoms with Crippen LogP contribution in [0, 0.1) is 0 Å². The second-order valence-corrected chi connectivity index (χ2v) is 1.30. The lowest BCUT2D eigenvalue weighted by molar-refractivity contribution is 0.318. The van der Waals surface area contributed by atoms with Crippen LogP contribution in [0.3, 0.4) is 0 Å². The number of rotatable bonds is 1. The molecule has 0 saturated heterocycles. The monoisotopic (exact) mass is 134 g/mol. The van der Waals surface area contributed by atoms with Crippen molar-refractivity contribution in [3.05, 3.63) is 0 Å². The lowest BCUT2D eigenvalue weighted by Gasteiger charge is -2.01. The van der Waals surface area contributed by atoms with Crippen molar-refractivity contribution in [1.82, 2.24) is 4.72 Å². The molecular weight excluding hydrogens is 124 g/mol. The molecule has 8 heavy (non-hydrogen) atoms. The molecule has 0 radical (unpaired) electrons. The Balaban J connectivity index is 3.38. The molecule has 0 bridgehead atoms.